The van der Waals surface area contributed by atoms with Crippen molar-refractivity contribution in [3.8, 4) is 11.9 Å². The van der Waals surface area contributed by atoms with E-state index in [-0.39, 0.29) is 0 Å². The third-order valence-electron chi connectivity index (χ3n) is 2.37. The average molecular weight is 253 g/mol. The molecular weight excluding hydrogens is 244 g/mol. The van der Waals surface area contributed by atoms with Crippen LogP contribution < -0.4 is 9.64 Å². The molecule has 1 aromatic rings. The van der Waals surface area contributed by atoms with E-state index in [1.165, 1.54) is 5.56 Å². The number of rotatable bonds is 1. The summed E-state index contributed by atoms with van der Waals surface area (Å²) in [4.78, 5) is 1.68. The number of methoxy groups -OCH3 is 1. The molecule has 14 heavy (non-hydrogen) atoms. The zero-order valence-corrected chi connectivity index (χ0v) is 9.34. The Morgan fingerprint density at radius 1 is 1.57 bits per heavy atom. The van der Waals surface area contributed by atoms with Crippen LogP contribution in [-0.4, -0.2) is 13.7 Å². The van der Waals surface area contributed by atoms with Gasteiger partial charge in [-0.15, -0.1) is 0 Å². The van der Waals surface area contributed by atoms with Crippen molar-refractivity contribution in [1.82, 2.24) is 0 Å². The quantitative estimate of drug-likeness (QED) is 0.720. The summed E-state index contributed by atoms with van der Waals surface area (Å²) >= 11 is 3.43. The van der Waals surface area contributed by atoms with Gasteiger partial charge in [-0.25, -0.2) is 0 Å². The molecule has 0 bridgehead atoms. The van der Waals surface area contributed by atoms with E-state index in [0.717, 1.165) is 28.9 Å². The lowest BCUT2D eigenvalue weighted by atomic mass is 10.1. The van der Waals surface area contributed by atoms with Crippen LogP contribution in [-0.2, 0) is 6.42 Å². The van der Waals surface area contributed by atoms with Gasteiger partial charge in [0.05, 0.1) is 17.3 Å². The van der Waals surface area contributed by atoms with Gasteiger partial charge in [-0.1, -0.05) is 0 Å². The highest BCUT2D eigenvalue weighted by atomic mass is 79.9. The van der Waals surface area contributed by atoms with Crippen LogP contribution in [0.2, 0.25) is 0 Å². The molecule has 1 aromatic carbocycles. The fourth-order valence-electron chi connectivity index (χ4n) is 1.65. The van der Waals surface area contributed by atoms with E-state index in [4.69, 9.17) is 10.00 Å². The summed E-state index contributed by atoms with van der Waals surface area (Å²) < 4.78 is 6.12. The highest BCUT2D eigenvalue weighted by Gasteiger charge is 2.20. The van der Waals surface area contributed by atoms with Crippen molar-refractivity contribution in [1.29, 1.82) is 5.26 Å². The molecule has 0 saturated carbocycles. The molecule has 0 spiro atoms. The van der Waals surface area contributed by atoms with Crippen molar-refractivity contribution in [3.05, 3.63) is 22.2 Å². The van der Waals surface area contributed by atoms with Gasteiger partial charge in [0, 0.05) is 12.6 Å². The van der Waals surface area contributed by atoms with Crippen LogP contribution in [0.25, 0.3) is 0 Å². The highest BCUT2D eigenvalue weighted by Crippen LogP contribution is 2.36. The summed E-state index contributed by atoms with van der Waals surface area (Å²) in [5.74, 6) is 0.769. The predicted octanol–water partition coefficient (Wildman–Crippen LogP) is 2.30. The van der Waals surface area contributed by atoms with Gasteiger partial charge >= 0.3 is 0 Å². The summed E-state index contributed by atoms with van der Waals surface area (Å²) in [6.45, 7) is 0.769. The van der Waals surface area contributed by atoms with E-state index < -0.39 is 0 Å². The molecule has 0 radical (unpaired) electrons. The molecular formula is C10H9BrN2O. The van der Waals surface area contributed by atoms with Crippen LogP contribution >= 0.6 is 15.9 Å². The van der Waals surface area contributed by atoms with Crippen molar-refractivity contribution in [2.75, 3.05) is 18.6 Å². The maximum Gasteiger partial charge on any atom is 0.184 e. The van der Waals surface area contributed by atoms with Gasteiger partial charge in [0.1, 0.15) is 5.75 Å². The van der Waals surface area contributed by atoms with Crippen molar-refractivity contribution < 1.29 is 4.74 Å². The topological polar surface area (TPSA) is 36.3 Å². The number of nitriles is 1. The monoisotopic (exact) mass is 252 g/mol. The molecule has 0 aliphatic carbocycles. The molecule has 0 N–H and O–H groups in total. The Bertz CT molecular complexity index is 411. The summed E-state index contributed by atoms with van der Waals surface area (Å²) in [7, 11) is 1.62. The Kier molecular flexibility index (Phi) is 2.34. The molecule has 72 valence electrons. The fraction of sp³-hybridized carbons (Fsp3) is 0.300. The fourth-order valence-corrected chi connectivity index (χ4v) is 2.20. The van der Waals surface area contributed by atoms with Crippen LogP contribution in [0.1, 0.15) is 5.56 Å². The van der Waals surface area contributed by atoms with Gasteiger partial charge in [0.25, 0.3) is 0 Å². The molecule has 2 rings (SSSR count). The second-order valence-corrected chi connectivity index (χ2v) is 3.97. The Morgan fingerprint density at radius 3 is 3.00 bits per heavy atom. The SMILES string of the molecule is COc1cc2c(cc1Br)CCN2C#N. The second kappa shape index (κ2) is 3.50. The minimum atomic E-state index is 0.769. The number of benzene rings is 1. The molecule has 0 atom stereocenters. The first kappa shape index (κ1) is 9.35. The van der Waals surface area contributed by atoms with Crippen LogP contribution in [0.4, 0.5) is 5.69 Å². The first-order chi connectivity index (χ1) is 6.76. The Balaban J connectivity index is 2.51. The van der Waals surface area contributed by atoms with Crippen LogP contribution in [0.15, 0.2) is 16.6 Å². The minimum absolute atomic E-state index is 0.769. The van der Waals surface area contributed by atoms with Crippen LogP contribution in [0.3, 0.4) is 0 Å². The van der Waals surface area contributed by atoms with Crippen molar-refractivity contribution in [2.24, 2.45) is 0 Å². The smallest absolute Gasteiger partial charge is 0.184 e. The summed E-state index contributed by atoms with van der Waals surface area (Å²) in [5.41, 5.74) is 2.16. The van der Waals surface area contributed by atoms with Crippen molar-refractivity contribution >= 4 is 21.6 Å². The summed E-state index contributed by atoms with van der Waals surface area (Å²) in [5, 5.41) is 8.87. The normalized spacial score (nSPS) is 13.6. The van der Waals surface area contributed by atoms with E-state index in [9.17, 15) is 0 Å². The first-order valence-electron chi connectivity index (χ1n) is 4.30. The lowest BCUT2D eigenvalue weighted by Crippen LogP contribution is -2.11. The standard InChI is InChI=1S/C10H9BrN2O/c1-14-10-5-9-7(4-8(10)11)2-3-13(9)6-12/h4-5H,2-3H2,1H3. The maximum atomic E-state index is 8.87. The van der Waals surface area contributed by atoms with Crippen molar-refractivity contribution in [3.63, 3.8) is 0 Å². The molecule has 0 saturated heterocycles. The molecule has 3 nitrogen and oxygen atoms in total. The van der Waals surface area contributed by atoms with Gasteiger partial charge < -0.3 is 4.74 Å². The number of ether oxygens (including phenoxy) is 1. The van der Waals surface area contributed by atoms with Gasteiger partial charge in [-0.2, -0.15) is 5.26 Å². The first-order valence-corrected chi connectivity index (χ1v) is 5.09. The Hall–Kier alpha value is -1.21. The third kappa shape index (κ3) is 1.34. The van der Waals surface area contributed by atoms with Gasteiger partial charge in [-0.3, -0.25) is 4.90 Å². The minimum Gasteiger partial charge on any atom is -0.495 e. The van der Waals surface area contributed by atoms with E-state index in [1.54, 1.807) is 12.0 Å². The zero-order valence-electron chi connectivity index (χ0n) is 7.75. The largest absolute Gasteiger partial charge is 0.495 e. The van der Waals surface area contributed by atoms with Gasteiger partial charge in [0.2, 0.25) is 0 Å². The number of hydrogen-bond acceptors (Lipinski definition) is 3. The summed E-state index contributed by atoms with van der Waals surface area (Å²) in [6.07, 6.45) is 3.08. The molecule has 0 amide bonds. The van der Waals surface area contributed by atoms with E-state index in [2.05, 4.69) is 22.1 Å². The van der Waals surface area contributed by atoms with E-state index in [0.29, 0.717) is 0 Å². The molecule has 4 heteroatoms. The number of hydrogen-bond donors (Lipinski definition) is 0. The Morgan fingerprint density at radius 2 is 2.36 bits per heavy atom. The number of fused-ring (bicyclic) bond motifs is 1. The molecule has 1 heterocycles. The van der Waals surface area contributed by atoms with E-state index in [1.807, 2.05) is 12.1 Å². The number of anilines is 1. The van der Waals surface area contributed by atoms with Gasteiger partial charge in [-0.05, 0) is 34.0 Å². The number of halogens is 1. The average Bonchev–Trinajstić information content (AvgIpc) is 2.58. The molecule has 0 aromatic heterocycles. The molecule has 0 fully saturated rings. The van der Waals surface area contributed by atoms with E-state index >= 15 is 0 Å². The maximum absolute atomic E-state index is 8.87. The number of nitrogens with zero attached hydrogens (tertiary/aromatic N) is 2. The van der Waals surface area contributed by atoms with Crippen LogP contribution in [0.5, 0.6) is 5.75 Å². The molecule has 1 aliphatic heterocycles. The lowest BCUT2D eigenvalue weighted by molar-refractivity contribution is 0.412. The molecule has 0 unspecified atom stereocenters. The lowest BCUT2D eigenvalue weighted by Gasteiger charge is -2.10. The third-order valence-corrected chi connectivity index (χ3v) is 2.99. The summed E-state index contributed by atoms with van der Waals surface area (Å²) in [6, 6.07) is 3.92. The predicted molar refractivity (Wildman–Crippen MR) is 57.4 cm³/mol. The zero-order chi connectivity index (χ0) is 10.1. The van der Waals surface area contributed by atoms with Gasteiger partial charge in [0.15, 0.2) is 6.19 Å². The van der Waals surface area contributed by atoms with Crippen molar-refractivity contribution in [2.45, 2.75) is 6.42 Å². The Labute approximate surface area is 91.0 Å². The van der Waals surface area contributed by atoms with Crippen LogP contribution in [0, 0.1) is 11.5 Å². The highest BCUT2D eigenvalue weighted by molar-refractivity contribution is 9.10. The second-order valence-electron chi connectivity index (χ2n) is 3.12. The molecule has 1 aliphatic rings.